The largest absolute Gasteiger partial charge is 1.00 e. The van der Waals surface area contributed by atoms with Crippen LogP contribution in [0.1, 0.15) is 0 Å². The van der Waals surface area contributed by atoms with Crippen LogP contribution < -0.4 is 29.6 Å². The van der Waals surface area contributed by atoms with Gasteiger partial charge in [0.15, 0.2) is 0 Å². The molecule has 1 aromatic carbocycles. The maximum absolute atomic E-state index is 10.8. The topological polar surface area (TPSA) is 53.0 Å². The SMILES string of the molecule is O=S([O-])c1cccc2ncccc12.[Na+]. The Labute approximate surface area is 106 Å². The summed E-state index contributed by atoms with van der Waals surface area (Å²) in [6, 6.07) is 8.49. The van der Waals surface area contributed by atoms with Gasteiger partial charge in [-0.2, -0.15) is 0 Å². The van der Waals surface area contributed by atoms with Gasteiger partial charge < -0.3 is 4.55 Å². The summed E-state index contributed by atoms with van der Waals surface area (Å²) in [6.07, 6.45) is 1.64. The minimum Gasteiger partial charge on any atom is -0.768 e. The van der Waals surface area contributed by atoms with E-state index in [1.807, 2.05) is 0 Å². The van der Waals surface area contributed by atoms with E-state index in [0.29, 0.717) is 15.8 Å². The molecule has 1 aromatic heterocycles. The van der Waals surface area contributed by atoms with E-state index in [9.17, 15) is 8.76 Å². The van der Waals surface area contributed by atoms with E-state index < -0.39 is 11.1 Å². The zero-order chi connectivity index (χ0) is 9.26. The third-order valence-corrected chi connectivity index (χ3v) is 2.50. The summed E-state index contributed by atoms with van der Waals surface area (Å²) in [7, 11) is 0. The van der Waals surface area contributed by atoms with Gasteiger partial charge in [0.25, 0.3) is 0 Å². The predicted molar refractivity (Wildman–Crippen MR) is 48.9 cm³/mol. The monoisotopic (exact) mass is 215 g/mol. The van der Waals surface area contributed by atoms with Crippen LogP contribution in [-0.4, -0.2) is 13.7 Å². The third-order valence-electron chi connectivity index (χ3n) is 1.79. The normalized spacial score (nSPS) is 12.1. The summed E-state index contributed by atoms with van der Waals surface area (Å²) in [5.74, 6) is 0. The van der Waals surface area contributed by atoms with Crippen molar-refractivity contribution in [2.75, 3.05) is 0 Å². The fourth-order valence-electron chi connectivity index (χ4n) is 1.22. The van der Waals surface area contributed by atoms with E-state index in [1.54, 1.807) is 36.5 Å². The van der Waals surface area contributed by atoms with E-state index in [-0.39, 0.29) is 29.6 Å². The zero-order valence-electron chi connectivity index (χ0n) is 7.64. The van der Waals surface area contributed by atoms with Crippen molar-refractivity contribution < 1.29 is 38.3 Å². The maximum Gasteiger partial charge on any atom is 1.00 e. The van der Waals surface area contributed by atoms with Crippen LogP contribution >= 0.6 is 0 Å². The van der Waals surface area contributed by atoms with Crippen molar-refractivity contribution >= 4 is 22.0 Å². The Kier molecular flexibility index (Phi) is 4.22. The molecule has 1 heterocycles. The van der Waals surface area contributed by atoms with Gasteiger partial charge in [0.1, 0.15) is 0 Å². The quantitative estimate of drug-likeness (QED) is 0.428. The van der Waals surface area contributed by atoms with Crippen LogP contribution in [0.3, 0.4) is 0 Å². The first-order valence-corrected chi connectivity index (χ1v) is 4.79. The van der Waals surface area contributed by atoms with Crippen LogP contribution in [0.25, 0.3) is 10.9 Å². The summed E-state index contributed by atoms with van der Waals surface area (Å²) >= 11 is -2.19. The number of fused-ring (bicyclic) bond motifs is 1. The maximum atomic E-state index is 10.8. The van der Waals surface area contributed by atoms with Crippen molar-refractivity contribution in [3.8, 4) is 0 Å². The predicted octanol–water partition coefficient (Wildman–Crippen LogP) is -1.52. The molecule has 5 heteroatoms. The van der Waals surface area contributed by atoms with Gasteiger partial charge in [-0.1, -0.05) is 12.1 Å². The molecule has 0 fully saturated rings. The standard InChI is InChI=1S/C9H7NO2S.Na/c11-13(12)9-5-1-4-8-7(9)3-2-6-10-8;/h1-6H,(H,11,12);/q;+1/p-1. The van der Waals surface area contributed by atoms with Gasteiger partial charge in [-0.3, -0.25) is 9.19 Å². The number of aromatic nitrogens is 1. The summed E-state index contributed by atoms with van der Waals surface area (Å²) < 4.78 is 21.6. The van der Waals surface area contributed by atoms with Crippen molar-refractivity contribution in [3.05, 3.63) is 36.5 Å². The molecule has 0 aliphatic carbocycles. The molecule has 14 heavy (non-hydrogen) atoms. The first kappa shape index (κ1) is 11.8. The molecule has 0 amide bonds. The molecule has 1 atom stereocenters. The molecule has 1 unspecified atom stereocenters. The van der Waals surface area contributed by atoms with Crippen molar-refractivity contribution in [1.29, 1.82) is 0 Å². The zero-order valence-corrected chi connectivity index (χ0v) is 10.5. The van der Waals surface area contributed by atoms with Gasteiger partial charge >= 0.3 is 29.6 Å². The minimum atomic E-state index is -2.19. The Morgan fingerprint density at radius 3 is 2.71 bits per heavy atom. The summed E-state index contributed by atoms with van der Waals surface area (Å²) in [5.41, 5.74) is 0.698. The average Bonchev–Trinajstić information content (AvgIpc) is 2.17. The fraction of sp³-hybridized carbons (Fsp3) is 0. The van der Waals surface area contributed by atoms with Gasteiger partial charge in [0, 0.05) is 16.5 Å². The molecular weight excluding hydrogens is 209 g/mol. The van der Waals surface area contributed by atoms with Crippen LogP contribution in [0.5, 0.6) is 0 Å². The number of benzene rings is 1. The molecule has 2 aromatic rings. The minimum absolute atomic E-state index is 0. The Morgan fingerprint density at radius 1 is 1.21 bits per heavy atom. The molecule has 0 aliphatic heterocycles. The molecule has 0 saturated carbocycles. The molecule has 0 bridgehead atoms. The second-order valence-corrected chi connectivity index (χ2v) is 3.47. The van der Waals surface area contributed by atoms with Crippen LogP contribution in [0.2, 0.25) is 0 Å². The molecule has 3 nitrogen and oxygen atoms in total. The van der Waals surface area contributed by atoms with Crippen molar-refractivity contribution in [3.63, 3.8) is 0 Å². The Balaban J connectivity index is 0.000000980. The first-order chi connectivity index (χ1) is 6.29. The Hall–Kier alpha value is -0.260. The fourth-order valence-corrected chi connectivity index (χ4v) is 1.76. The smallest absolute Gasteiger partial charge is 0.768 e. The second-order valence-electron chi connectivity index (χ2n) is 2.56. The number of hydrogen-bond acceptors (Lipinski definition) is 3. The van der Waals surface area contributed by atoms with E-state index in [2.05, 4.69) is 4.98 Å². The summed E-state index contributed by atoms with van der Waals surface area (Å²) in [5, 5.41) is 0.665. The van der Waals surface area contributed by atoms with E-state index in [0.717, 1.165) is 0 Å². The first-order valence-electron chi connectivity index (χ1n) is 3.72. The van der Waals surface area contributed by atoms with Gasteiger partial charge in [0.05, 0.1) is 5.52 Å². The van der Waals surface area contributed by atoms with Crippen molar-refractivity contribution in [2.24, 2.45) is 0 Å². The molecule has 0 saturated heterocycles. The third kappa shape index (κ3) is 2.21. The number of hydrogen-bond donors (Lipinski definition) is 0. The van der Waals surface area contributed by atoms with Gasteiger partial charge in [-0.05, 0) is 29.3 Å². The van der Waals surface area contributed by atoms with E-state index >= 15 is 0 Å². The molecule has 0 aliphatic rings. The van der Waals surface area contributed by atoms with Crippen LogP contribution in [-0.2, 0) is 11.1 Å². The average molecular weight is 215 g/mol. The number of rotatable bonds is 1. The number of pyridine rings is 1. The second kappa shape index (κ2) is 5.00. The summed E-state index contributed by atoms with van der Waals surface area (Å²) in [4.78, 5) is 4.35. The van der Waals surface area contributed by atoms with Crippen molar-refractivity contribution in [2.45, 2.75) is 4.90 Å². The molecule has 0 spiro atoms. The van der Waals surface area contributed by atoms with Crippen LogP contribution in [0.4, 0.5) is 0 Å². The van der Waals surface area contributed by atoms with Gasteiger partial charge in [0.2, 0.25) is 0 Å². The molecule has 0 N–H and O–H groups in total. The van der Waals surface area contributed by atoms with Crippen molar-refractivity contribution in [1.82, 2.24) is 4.98 Å². The number of nitrogens with zero attached hydrogens (tertiary/aromatic N) is 1. The molecule has 0 radical (unpaired) electrons. The molecular formula is C9H6NNaO2S. The van der Waals surface area contributed by atoms with Crippen LogP contribution in [0, 0.1) is 0 Å². The van der Waals surface area contributed by atoms with E-state index in [4.69, 9.17) is 0 Å². The van der Waals surface area contributed by atoms with E-state index in [1.165, 1.54) is 0 Å². The summed E-state index contributed by atoms with van der Waals surface area (Å²) in [6.45, 7) is 0. The van der Waals surface area contributed by atoms with Gasteiger partial charge in [-0.15, -0.1) is 0 Å². The Morgan fingerprint density at radius 2 is 2.00 bits per heavy atom. The molecule has 66 valence electrons. The van der Waals surface area contributed by atoms with Gasteiger partial charge in [-0.25, -0.2) is 0 Å². The Bertz CT molecular complexity index is 470. The molecule has 2 rings (SSSR count). The van der Waals surface area contributed by atoms with Crippen LogP contribution in [0.15, 0.2) is 41.4 Å².